The molecule has 1 amide bonds. The minimum absolute atomic E-state index is 0.0324. The van der Waals surface area contributed by atoms with Gasteiger partial charge >= 0.3 is 0 Å². The summed E-state index contributed by atoms with van der Waals surface area (Å²) in [5.41, 5.74) is 1.86. The molecule has 3 rings (SSSR count). The molecule has 0 aromatic heterocycles. The van der Waals surface area contributed by atoms with E-state index in [-0.39, 0.29) is 18.1 Å². The highest BCUT2D eigenvalue weighted by Crippen LogP contribution is 2.23. The predicted molar refractivity (Wildman–Crippen MR) is 101 cm³/mol. The van der Waals surface area contributed by atoms with Crippen molar-refractivity contribution in [3.8, 4) is 0 Å². The SMILES string of the molecule is CN(C)C1CCCC(NC(=O)c2ccc(N3CCC(O)CC3)cc2)C1. The van der Waals surface area contributed by atoms with Crippen molar-refractivity contribution in [1.82, 2.24) is 10.2 Å². The first-order valence-electron chi connectivity index (χ1n) is 9.53. The minimum atomic E-state index is -0.164. The van der Waals surface area contributed by atoms with E-state index in [9.17, 15) is 9.90 Å². The van der Waals surface area contributed by atoms with Crippen molar-refractivity contribution >= 4 is 11.6 Å². The third-order valence-electron chi connectivity index (χ3n) is 5.67. The summed E-state index contributed by atoms with van der Waals surface area (Å²) in [6.45, 7) is 1.75. The zero-order valence-electron chi connectivity index (χ0n) is 15.4. The highest BCUT2D eigenvalue weighted by Gasteiger charge is 2.25. The van der Waals surface area contributed by atoms with E-state index in [1.807, 2.05) is 24.3 Å². The molecule has 2 atom stereocenters. The lowest BCUT2D eigenvalue weighted by Gasteiger charge is -2.33. The fourth-order valence-electron chi connectivity index (χ4n) is 3.98. The molecule has 1 aliphatic carbocycles. The largest absolute Gasteiger partial charge is 0.393 e. The van der Waals surface area contributed by atoms with Gasteiger partial charge in [0.25, 0.3) is 5.91 Å². The number of aliphatic hydroxyl groups excluding tert-OH is 1. The van der Waals surface area contributed by atoms with E-state index < -0.39 is 0 Å². The van der Waals surface area contributed by atoms with Crippen molar-refractivity contribution in [3.05, 3.63) is 29.8 Å². The lowest BCUT2D eigenvalue weighted by atomic mass is 9.90. The number of piperidine rings is 1. The first kappa shape index (κ1) is 18.2. The van der Waals surface area contributed by atoms with Crippen LogP contribution in [0.15, 0.2) is 24.3 Å². The smallest absolute Gasteiger partial charge is 0.251 e. The van der Waals surface area contributed by atoms with E-state index in [0.29, 0.717) is 6.04 Å². The molecule has 0 spiro atoms. The lowest BCUT2D eigenvalue weighted by molar-refractivity contribution is 0.0911. The van der Waals surface area contributed by atoms with Gasteiger partial charge in [-0.1, -0.05) is 0 Å². The Balaban J connectivity index is 1.55. The van der Waals surface area contributed by atoms with Gasteiger partial charge in [0.05, 0.1) is 6.10 Å². The average Bonchev–Trinajstić information content (AvgIpc) is 2.63. The molecule has 0 radical (unpaired) electrons. The van der Waals surface area contributed by atoms with Crippen LogP contribution < -0.4 is 10.2 Å². The summed E-state index contributed by atoms with van der Waals surface area (Å²) in [5.74, 6) is 0.0324. The lowest BCUT2D eigenvalue weighted by Crippen LogP contribution is -2.43. The highest BCUT2D eigenvalue weighted by molar-refractivity contribution is 5.94. The van der Waals surface area contributed by atoms with Crippen LogP contribution in [0.2, 0.25) is 0 Å². The van der Waals surface area contributed by atoms with E-state index in [4.69, 9.17) is 0 Å². The van der Waals surface area contributed by atoms with E-state index in [0.717, 1.165) is 50.0 Å². The van der Waals surface area contributed by atoms with E-state index in [1.54, 1.807) is 0 Å². The molecule has 1 saturated carbocycles. The second-order valence-corrected chi connectivity index (χ2v) is 7.72. The summed E-state index contributed by atoms with van der Waals surface area (Å²) in [6, 6.07) is 8.73. The molecule has 2 N–H and O–H groups in total. The number of nitrogens with zero attached hydrogens (tertiary/aromatic N) is 2. The van der Waals surface area contributed by atoms with Crippen molar-refractivity contribution in [3.63, 3.8) is 0 Å². The number of benzene rings is 1. The zero-order valence-corrected chi connectivity index (χ0v) is 15.4. The number of aliphatic hydroxyl groups is 1. The summed E-state index contributed by atoms with van der Waals surface area (Å²) in [7, 11) is 4.24. The normalized spacial score (nSPS) is 25.2. The number of rotatable bonds is 4. The van der Waals surface area contributed by atoms with Gasteiger partial charge in [-0.05, 0) is 76.9 Å². The first-order valence-corrected chi connectivity index (χ1v) is 9.53. The molecule has 1 saturated heterocycles. The van der Waals surface area contributed by atoms with Crippen LogP contribution in [0.1, 0.15) is 48.9 Å². The Kier molecular flexibility index (Phi) is 5.97. The van der Waals surface area contributed by atoms with Crippen LogP contribution >= 0.6 is 0 Å². The molecule has 2 aliphatic rings. The molecule has 0 bridgehead atoms. The first-order chi connectivity index (χ1) is 12.0. The van der Waals surface area contributed by atoms with Crippen LogP contribution in [0, 0.1) is 0 Å². The van der Waals surface area contributed by atoms with Crippen molar-refractivity contribution in [2.24, 2.45) is 0 Å². The highest BCUT2D eigenvalue weighted by atomic mass is 16.3. The summed E-state index contributed by atoms with van der Waals surface area (Å²) < 4.78 is 0. The Morgan fingerprint density at radius 1 is 1.12 bits per heavy atom. The minimum Gasteiger partial charge on any atom is -0.393 e. The van der Waals surface area contributed by atoms with Gasteiger partial charge in [0.15, 0.2) is 0 Å². The Morgan fingerprint density at radius 3 is 2.44 bits per heavy atom. The van der Waals surface area contributed by atoms with Crippen molar-refractivity contribution in [2.75, 3.05) is 32.1 Å². The van der Waals surface area contributed by atoms with Gasteiger partial charge in [0.1, 0.15) is 0 Å². The topological polar surface area (TPSA) is 55.8 Å². The van der Waals surface area contributed by atoms with Crippen LogP contribution in [0.4, 0.5) is 5.69 Å². The molecule has 1 heterocycles. The Labute approximate surface area is 151 Å². The Morgan fingerprint density at radius 2 is 1.80 bits per heavy atom. The number of hydrogen-bond acceptors (Lipinski definition) is 4. The zero-order chi connectivity index (χ0) is 17.8. The van der Waals surface area contributed by atoms with E-state index in [2.05, 4.69) is 29.2 Å². The van der Waals surface area contributed by atoms with Gasteiger partial charge in [-0.15, -0.1) is 0 Å². The number of amides is 1. The predicted octanol–water partition coefficient (Wildman–Crippen LogP) is 2.25. The fourth-order valence-corrected chi connectivity index (χ4v) is 3.98. The third-order valence-corrected chi connectivity index (χ3v) is 5.67. The van der Waals surface area contributed by atoms with E-state index in [1.165, 1.54) is 12.8 Å². The molecular formula is C20H31N3O2. The standard InChI is InChI=1S/C20H31N3O2/c1-22(2)18-5-3-4-16(14-18)21-20(25)15-6-8-17(9-7-15)23-12-10-19(24)11-13-23/h6-9,16,18-19,24H,3-5,10-14H2,1-2H3,(H,21,25). The van der Waals surface area contributed by atoms with Gasteiger partial charge in [-0.25, -0.2) is 0 Å². The average molecular weight is 345 g/mol. The maximum atomic E-state index is 12.5. The second kappa shape index (κ2) is 8.19. The van der Waals surface area contributed by atoms with Crippen molar-refractivity contribution in [2.45, 2.75) is 56.7 Å². The molecule has 1 aliphatic heterocycles. The van der Waals surface area contributed by atoms with Crippen molar-refractivity contribution < 1.29 is 9.90 Å². The molecule has 1 aromatic carbocycles. The number of carbonyl (C=O) groups is 1. The van der Waals surface area contributed by atoms with E-state index >= 15 is 0 Å². The summed E-state index contributed by atoms with van der Waals surface area (Å²) >= 11 is 0. The molecule has 25 heavy (non-hydrogen) atoms. The quantitative estimate of drug-likeness (QED) is 0.879. The van der Waals surface area contributed by atoms with Gasteiger partial charge < -0.3 is 20.2 Å². The number of hydrogen-bond donors (Lipinski definition) is 2. The Bertz CT molecular complexity index is 565. The molecule has 138 valence electrons. The third kappa shape index (κ3) is 4.73. The fraction of sp³-hybridized carbons (Fsp3) is 0.650. The molecule has 2 unspecified atom stereocenters. The monoisotopic (exact) mass is 345 g/mol. The van der Waals surface area contributed by atoms with Crippen LogP contribution in [0.25, 0.3) is 0 Å². The molecule has 5 heteroatoms. The molecule has 5 nitrogen and oxygen atoms in total. The molecule has 2 fully saturated rings. The van der Waals surface area contributed by atoms with Gasteiger partial charge in [-0.3, -0.25) is 4.79 Å². The van der Waals surface area contributed by atoms with Crippen LogP contribution in [0.5, 0.6) is 0 Å². The Hall–Kier alpha value is -1.59. The summed E-state index contributed by atoms with van der Waals surface area (Å²) in [5, 5.41) is 12.8. The maximum absolute atomic E-state index is 12.5. The number of carbonyl (C=O) groups excluding carboxylic acids is 1. The number of anilines is 1. The summed E-state index contributed by atoms with van der Waals surface area (Å²) in [6.07, 6.45) is 5.97. The maximum Gasteiger partial charge on any atom is 0.251 e. The number of nitrogens with one attached hydrogen (secondary N) is 1. The molecule has 1 aromatic rings. The second-order valence-electron chi connectivity index (χ2n) is 7.72. The van der Waals surface area contributed by atoms with Gasteiger partial charge in [0, 0.05) is 36.4 Å². The van der Waals surface area contributed by atoms with Crippen molar-refractivity contribution in [1.29, 1.82) is 0 Å². The van der Waals surface area contributed by atoms with Crippen LogP contribution in [-0.2, 0) is 0 Å². The van der Waals surface area contributed by atoms with Crippen LogP contribution in [-0.4, -0.2) is 61.3 Å². The van der Waals surface area contributed by atoms with Gasteiger partial charge in [0.2, 0.25) is 0 Å². The van der Waals surface area contributed by atoms with Crippen LogP contribution in [0.3, 0.4) is 0 Å². The van der Waals surface area contributed by atoms with Gasteiger partial charge in [-0.2, -0.15) is 0 Å². The summed E-state index contributed by atoms with van der Waals surface area (Å²) in [4.78, 5) is 17.1. The molecular weight excluding hydrogens is 314 g/mol.